The first-order valence-electron chi connectivity index (χ1n) is 6.77. The highest BCUT2D eigenvalue weighted by Gasteiger charge is 2.10. The average Bonchev–Trinajstić information content (AvgIpc) is 3.13. The molecule has 2 heterocycles. The van der Waals surface area contributed by atoms with Crippen LogP contribution in [0.4, 0.5) is 5.69 Å². The molecular formula is C15H12N6O. The van der Waals surface area contributed by atoms with Gasteiger partial charge in [-0.25, -0.2) is 0 Å². The molecule has 0 unspecified atom stereocenters. The number of aryl methyl sites for hydroxylation is 1. The second-order valence-corrected chi connectivity index (χ2v) is 5.06. The third kappa shape index (κ3) is 1.99. The van der Waals surface area contributed by atoms with E-state index < -0.39 is 0 Å². The van der Waals surface area contributed by atoms with Crippen LogP contribution in [0.1, 0.15) is 16.1 Å². The van der Waals surface area contributed by atoms with Crippen molar-refractivity contribution in [3.05, 3.63) is 47.7 Å². The number of rotatable bonds is 2. The van der Waals surface area contributed by atoms with Crippen molar-refractivity contribution in [3.63, 3.8) is 0 Å². The lowest BCUT2D eigenvalue weighted by Crippen LogP contribution is -2.11. The average molecular weight is 292 g/mol. The van der Waals surface area contributed by atoms with E-state index in [1.54, 1.807) is 18.2 Å². The molecule has 7 heteroatoms. The van der Waals surface area contributed by atoms with Crippen molar-refractivity contribution in [2.45, 2.75) is 6.92 Å². The van der Waals surface area contributed by atoms with E-state index in [1.807, 2.05) is 25.1 Å². The molecule has 22 heavy (non-hydrogen) atoms. The number of hydrogen-bond donors (Lipinski definition) is 3. The first-order chi connectivity index (χ1) is 10.7. The molecule has 0 aliphatic rings. The van der Waals surface area contributed by atoms with Gasteiger partial charge in [-0.1, -0.05) is 0 Å². The van der Waals surface area contributed by atoms with E-state index in [0.29, 0.717) is 11.1 Å². The summed E-state index contributed by atoms with van der Waals surface area (Å²) in [5.74, 6) is -0.189. The zero-order valence-electron chi connectivity index (χ0n) is 11.7. The van der Waals surface area contributed by atoms with Crippen molar-refractivity contribution >= 4 is 33.5 Å². The number of H-pyrrole nitrogens is 2. The van der Waals surface area contributed by atoms with Gasteiger partial charge < -0.3 is 5.32 Å². The summed E-state index contributed by atoms with van der Waals surface area (Å²) >= 11 is 0. The first kappa shape index (κ1) is 12.5. The Morgan fingerprint density at radius 2 is 1.82 bits per heavy atom. The van der Waals surface area contributed by atoms with Crippen molar-refractivity contribution in [2.75, 3.05) is 5.32 Å². The van der Waals surface area contributed by atoms with Gasteiger partial charge in [-0.05, 0) is 43.3 Å². The molecule has 0 fully saturated rings. The van der Waals surface area contributed by atoms with Crippen LogP contribution in [0.25, 0.3) is 21.9 Å². The summed E-state index contributed by atoms with van der Waals surface area (Å²) in [5.41, 5.74) is 4.49. The maximum absolute atomic E-state index is 12.3. The molecule has 0 radical (unpaired) electrons. The van der Waals surface area contributed by atoms with Gasteiger partial charge in [0.05, 0.1) is 5.52 Å². The SMILES string of the molecule is Cc1[nH]nc2ccc(NC(=O)c3ccc4n[nH]nc4c3)cc12. The first-order valence-corrected chi connectivity index (χ1v) is 6.77. The number of anilines is 1. The van der Waals surface area contributed by atoms with E-state index in [2.05, 4.69) is 30.9 Å². The van der Waals surface area contributed by atoms with Crippen LogP contribution in [0.2, 0.25) is 0 Å². The van der Waals surface area contributed by atoms with Crippen molar-refractivity contribution < 1.29 is 4.79 Å². The highest BCUT2D eigenvalue weighted by Crippen LogP contribution is 2.21. The Morgan fingerprint density at radius 3 is 2.73 bits per heavy atom. The number of nitrogens with zero attached hydrogens (tertiary/aromatic N) is 3. The molecule has 0 atom stereocenters. The van der Waals surface area contributed by atoms with Crippen LogP contribution in [0.3, 0.4) is 0 Å². The maximum atomic E-state index is 12.3. The van der Waals surface area contributed by atoms with Crippen LogP contribution in [0.5, 0.6) is 0 Å². The second kappa shape index (κ2) is 4.66. The fourth-order valence-electron chi connectivity index (χ4n) is 2.40. The summed E-state index contributed by atoms with van der Waals surface area (Å²) < 4.78 is 0. The second-order valence-electron chi connectivity index (χ2n) is 5.06. The summed E-state index contributed by atoms with van der Waals surface area (Å²) in [4.78, 5) is 12.3. The predicted molar refractivity (Wildman–Crippen MR) is 82.7 cm³/mol. The third-order valence-electron chi connectivity index (χ3n) is 3.58. The minimum atomic E-state index is -0.189. The van der Waals surface area contributed by atoms with Gasteiger partial charge in [0.1, 0.15) is 11.0 Å². The van der Waals surface area contributed by atoms with Gasteiger partial charge in [0, 0.05) is 22.3 Å². The molecule has 0 saturated heterocycles. The van der Waals surface area contributed by atoms with Crippen molar-refractivity contribution in [3.8, 4) is 0 Å². The van der Waals surface area contributed by atoms with Gasteiger partial charge in [-0.2, -0.15) is 20.5 Å². The Balaban J connectivity index is 1.65. The summed E-state index contributed by atoms with van der Waals surface area (Å²) in [6.07, 6.45) is 0. The highest BCUT2D eigenvalue weighted by molar-refractivity contribution is 6.06. The molecule has 4 aromatic rings. The molecule has 0 bridgehead atoms. The third-order valence-corrected chi connectivity index (χ3v) is 3.58. The highest BCUT2D eigenvalue weighted by atomic mass is 16.1. The molecule has 2 aromatic carbocycles. The minimum absolute atomic E-state index is 0.189. The number of aromatic amines is 2. The Bertz CT molecular complexity index is 1000. The van der Waals surface area contributed by atoms with Crippen LogP contribution in [-0.2, 0) is 0 Å². The molecule has 1 amide bonds. The number of benzene rings is 2. The lowest BCUT2D eigenvalue weighted by molar-refractivity contribution is 0.102. The Kier molecular flexibility index (Phi) is 2.65. The van der Waals surface area contributed by atoms with Crippen LogP contribution in [0.15, 0.2) is 36.4 Å². The molecule has 0 spiro atoms. The number of hydrogen-bond acceptors (Lipinski definition) is 4. The summed E-state index contributed by atoms with van der Waals surface area (Å²) in [6.45, 7) is 1.94. The molecule has 3 N–H and O–H groups in total. The van der Waals surface area contributed by atoms with E-state index in [9.17, 15) is 4.79 Å². The molecule has 0 saturated carbocycles. The van der Waals surface area contributed by atoms with Crippen molar-refractivity contribution in [1.82, 2.24) is 25.6 Å². The summed E-state index contributed by atoms with van der Waals surface area (Å²) in [7, 11) is 0. The van der Waals surface area contributed by atoms with Gasteiger partial charge in [0.15, 0.2) is 0 Å². The quantitative estimate of drug-likeness (QED) is 0.528. The molecule has 0 aliphatic carbocycles. The topological polar surface area (TPSA) is 99.4 Å². The van der Waals surface area contributed by atoms with Gasteiger partial charge in [0.2, 0.25) is 0 Å². The molecule has 0 aliphatic heterocycles. The van der Waals surface area contributed by atoms with Crippen LogP contribution in [0, 0.1) is 6.92 Å². The monoisotopic (exact) mass is 292 g/mol. The fourth-order valence-corrected chi connectivity index (χ4v) is 2.40. The zero-order valence-corrected chi connectivity index (χ0v) is 11.7. The van der Waals surface area contributed by atoms with E-state index in [1.165, 1.54) is 0 Å². The minimum Gasteiger partial charge on any atom is -0.322 e. The molecule has 7 nitrogen and oxygen atoms in total. The van der Waals surface area contributed by atoms with E-state index in [0.717, 1.165) is 27.8 Å². The number of carbonyl (C=O) groups is 1. The zero-order chi connectivity index (χ0) is 15.1. The smallest absolute Gasteiger partial charge is 0.255 e. The lowest BCUT2D eigenvalue weighted by Gasteiger charge is -2.05. The number of amides is 1. The van der Waals surface area contributed by atoms with E-state index in [-0.39, 0.29) is 5.91 Å². The van der Waals surface area contributed by atoms with Gasteiger partial charge in [-0.3, -0.25) is 9.89 Å². The molecule has 2 aromatic heterocycles. The predicted octanol–water partition coefficient (Wildman–Crippen LogP) is 2.39. The van der Waals surface area contributed by atoms with Crippen molar-refractivity contribution in [1.29, 1.82) is 0 Å². The Hall–Kier alpha value is -3.22. The largest absolute Gasteiger partial charge is 0.322 e. The van der Waals surface area contributed by atoms with Gasteiger partial charge >= 0.3 is 0 Å². The normalized spacial score (nSPS) is 11.1. The lowest BCUT2D eigenvalue weighted by atomic mass is 10.1. The molecule has 108 valence electrons. The van der Waals surface area contributed by atoms with E-state index in [4.69, 9.17) is 0 Å². The summed E-state index contributed by atoms with van der Waals surface area (Å²) in [6, 6.07) is 10.8. The van der Waals surface area contributed by atoms with Crippen molar-refractivity contribution in [2.24, 2.45) is 0 Å². The Morgan fingerprint density at radius 1 is 1.00 bits per heavy atom. The van der Waals surface area contributed by atoms with Gasteiger partial charge in [0.25, 0.3) is 5.91 Å². The number of nitrogens with one attached hydrogen (secondary N) is 3. The fraction of sp³-hybridized carbons (Fsp3) is 0.0667. The summed E-state index contributed by atoms with van der Waals surface area (Å²) in [5, 5.41) is 21.5. The number of fused-ring (bicyclic) bond motifs is 2. The number of aromatic nitrogens is 5. The maximum Gasteiger partial charge on any atom is 0.255 e. The molecular weight excluding hydrogens is 280 g/mol. The van der Waals surface area contributed by atoms with Crippen LogP contribution < -0.4 is 5.32 Å². The van der Waals surface area contributed by atoms with Gasteiger partial charge in [-0.15, -0.1) is 0 Å². The van der Waals surface area contributed by atoms with E-state index >= 15 is 0 Å². The van der Waals surface area contributed by atoms with Crippen LogP contribution in [-0.4, -0.2) is 31.5 Å². The Labute approximate surface area is 124 Å². The molecule has 4 rings (SSSR count). The van der Waals surface area contributed by atoms with Crippen LogP contribution >= 0.6 is 0 Å². The standard InChI is InChI=1S/C15H12N6O/c1-8-11-7-10(3-5-12(11)18-17-8)16-15(22)9-2-4-13-14(6-9)20-21-19-13/h2-7H,1H3,(H,16,22)(H,17,18)(H,19,20,21). The number of carbonyl (C=O) groups excluding carboxylic acids is 1.